The third-order valence-electron chi connectivity index (χ3n) is 5.45. The fraction of sp³-hybridized carbons (Fsp3) is 0.308. The molecule has 2 saturated heterocycles. The zero-order valence-corrected chi connectivity index (χ0v) is 19.9. The van der Waals surface area contributed by atoms with Gasteiger partial charge in [0.25, 0.3) is 0 Å². The van der Waals surface area contributed by atoms with Gasteiger partial charge in [-0.15, -0.1) is 11.8 Å². The number of fused-ring (bicyclic) bond motifs is 1. The Kier molecular flexibility index (Phi) is 6.66. The molecule has 0 saturated carbocycles. The second-order valence-electron chi connectivity index (χ2n) is 8.30. The Morgan fingerprint density at radius 2 is 1.38 bits per heavy atom. The van der Waals surface area contributed by atoms with Crippen molar-refractivity contribution in [1.82, 2.24) is 0 Å². The monoisotopic (exact) mass is 466 g/mol. The molecule has 2 aliphatic heterocycles. The van der Waals surface area contributed by atoms with Crippen molar-refractivity contribution in [2.45, 2.75) is 49.1 Å². The van der Waals surface area contributed by atoms with Crippen LogP contribution in [0.5, 0.6) is 0 Å². The molecule has 4 atom stereocenters. The summed E-state index contributed by atoms with van der Waals surface area (Å²) >= 11 is 1.77. The molecule has 2 heterocycles. The van der Waals surface area contributed by atoms with Gasteiger partial charge in [-0.25, -0.2) is 0 Å². The summed E-state index contributed by atoms with van der Waals surface area (Å²) in [6.07, 6.45) is -1.04. The number of hydrogen-bond donors (Lipinski definition) is 0. The fourth-order valence-corrected chi connectivity index (χ4v) is 6.92. The lowest BCUT2D eigenvalue weighted by atomic mass is 10.1. The summed E-state index contributed by atoms with van der Waals surface area (Å²) < 4.78 is 25.6. The molecule has 2 fully saturated rings. The summed E-state index contributed by atoms with van der Waals surface area (Å²) in [5, 5.41) is 2.34. The molecular formula is C26H27O4PS. The summed E-state index contributed by atoms with van der Waals surface area (Å²) in [5.74, 6) is 0.0817. The first-order valence-corrected chi connectivity index (χ1v) is 13.1. The zero-order chi connectivity index (χ0) is 22.0. The normalized spacial score (nSPS) is 26.3. The van der Waals surface area contributed by atoms with Crippen molar-refractivity contribution in [2.24, 2.45) is 0 Å². The van der Waals surface area contributed by atoms with E-state index >= 15 is 0 Å². The second-order valence-corrected chi connectivity index (χ2v) is 11.2. The molecule has 32 heavy (non-hydrogen) atoms. The molecule has 4 nitrogen and oxygen atoms in total. The van der Waals surface area contributed by atoms with E-state index in [4.69, 9.17) is 18.7 Å². The second kappa shape index (κ2) is 9.64. The molecule has 0 radical (unpaired) electrons. The average Bonchev–Trinajstić information content (AvgIpc) is 3.29. The van der Waals surface area contributed by atoms with Crippen molar-refractivity contribution in [3.05, 3.63) is 91.0 Å². The number of hydrogen-bond acceptors (Lipinski definition) is 5. The van der Waals surface area contributed by atoms with Crippen LogP contribution < -0.4 is 10.6 Å². The first-order valence-electron chi connectivity index (χ1n) is 10.8. The Hall–Kier alpha value is -1.72. The maximum Gasteiger partial charge on any atom is 0.190 e. The van der Waals surface area contributed by atoms with E-state index < -0.39 is 20.2 Å². The highest BCUT2D eigenvalue weighted by atomic mass is 32.2. The molecule has 0 aliphatic carbocycles. The Morgan fingerprint density at radius 1 is 0.812 bits per heavy atom. The van der Waals surface area contributed by atoms with Crippen LogP contribution >= 0.6 is 19.9 Å². The molecule has 0 unspecified atom stereocenters. The Labute approximate surface area is 195 Å². The molecule has 166 valence electrons. The molecule has 5 rings (SSSR count). The predicted molar refractivity (Wildman–Crippen MR) is 130 cm³/mol. The first-order chi connectivity index (χ1) is 15.6. The van der Waals surface area contributed by atoms with Gasteiger partial charge in [0.2, 0.25) is 0 Å². The lowest BCUT2D eigenvalue weighted by Crippen LogP contribution is -2.38. The molecule has 3 aromatic rings. The van der Waals surface area contributed by atoms with E-state index in [0.29, 0.717) is 0 Å². The SMILES string of the molecule is CC1(C)O[C@H]2O[C@H](CSc3ccccc3)[C@H](OP(c3ccccc3)c3ccccc3)[C@H]2O1. The van der Waals surface area contributed by atoms with Crippen molar-refractivity contribution in [1.29, 1.82) is 0 Å². The van der Waals surface area contributed by atoms with Gasteiger partial charge in [-0.1, -0.05) is 78.9 Å². The average molecular weight is 467 g/mol. The van der Waals surface area contributed by atoms with E-state index in [0.717, 1.165) is 5.75 Å². The molecule has 0 aromatic heterocycles. The van der Waals surface area contributed by atoms with Crippen LogP contribution in [0, 0.1) is 0 Å². The minimum absolute atomic E-state index is 0.135. The Morgan fingerprint density at radius 3 is 1.97 bits per heavy atom. The highest BCUT2D eigenvalue weighted by Gasteiger charge is 2.56. The van der Waals surface area contributed by atoms with Crippen LogP contribution in [0.4, 0.5) is 0 Å². The standard InChI is InChI=1S/C26H27O4PS/c1-26(2)28-24-23(22(27-25(24)29-26)18-32-21-16-10-5-11-17-21)30-31(19-12-6-3-7-13-19)20-14-8-4-9-15-20/h3-17,22-25H,18H2,1-2H3/t22-,23+,24-,25-/m1/s1. The lowest BCUT2D eigenvalue weighted by molar-refractivity contribution is -0.210. The van der Waals surface area contributed by atoms with E-state index in [1.807, 2.05) is 32.0 Å². The van der Waals surface area contributed by atoms with E-state index in [-0.39, 0.29) is 18.3 Å². The minimum Gasteiger partial charge on any atom is -0.343 e. The molecule has 6 heteroatoms. The van der Waals surface area contributed by atoms with Gasteiger partial charge in [0.1, 0.15) is 12.2 Å². The van der Waals surface area contributed by atoms with Crippen LogP contribution in [0.3, 0.4) is 0 Å². The van der Waals surface area contributed by atoms with Gasteiger partial charge in [-0.3, -0.25) is 0 Å². The highest BCUT2D eigenvalue weighted by Crippen LogP contribution is 2.46. The third kappa shape index (κ3) is 4.94. The van der Waals surface area contributed by atoms with Gasteiger partial charge in [-0.2, -0.15) is 0 Å². The Bertz CT molecular complexity index is 963. The maximum atomic E-state index is 6.91. The van der Waals surface area contributed by atoms with Gasteiger partial charge >= 0.3 is 0 Å². The topological polar surface area (TPSA) is 36.9 Å². The zero-order valence-electron chi connectivity index (χ0n) is 18.2. The molecule has 0 spiro atoms. The van der Waals surface area contributed by atoms with Gasteiger partial charge in [0.05, 0.1) is 14.3 Å². The smallest absolute Gasteiger partial charge is 0.190 e. The largest absolute Gasteiger partial charge is 0.343 e. The van der Waals surface area contributed by atoms with Crippen molar-refractivity contribution in [3.63, 3.8) is 0 Å². The number of rotatable bonds is 7. The first kappa shape index (κ1) is 22.1. The molecule has 2 aliphatic rings. The van der Waals surface area contributed by atoms with Crippen LogP contribution in [0.25, 0.3) is 0 Å². The highest BCUT2D eigenvalue weighted by molar-refractivity contribution is 7.99. The molecular weight excluding hydrogens is 439 g/mol. The summed E-state index contributed by atoms with van der Waals surface area (Å²) in [5.41, 5.74) is 0. The summed E-state index contributed by atoms with van der Waals surface area (Å²) in [6.45, 7) is 3.85. The molecule has 3 aromatic carbocycles. The summed E-state index contributed by atoms with van der Waals surface area (Å²) in [6, 6.07) is 31.2. The quantitative estimate of drug-likeness (QED) is 0.358. The molecule has 0 bridgehead atoms. The van der Waals surface area contributed by atoms with Crippen LogP contribution in [-0.2, 0) is 18.7 Å². The van der Waals surface area contributed by atoms with E-state index in [2.05, 4.69) is 72.8 Å². The van der Waals surface area contributed by atoms with E-state index in [1.165, 1.54) is 15.5 Å². The van der Waals surface area contributed by atoms with Gasteiger partial charge in [0.15, 0.2) is 12.1 Å². The van der Waals surface area contributed by atoms with E-state index in [9.17, 15) is 0 Å². The lowest BCUT2D eigenvalue weighted by Gasteiger charge is -2.29. The van der Waals surface area contributed by atoms with Crippen LogP contribution in [0.1, 0.15) is 13.8 Å². The molecule has 0 N–H and O–H groups in total. The summed E-state index contributed by atoms with van der Waals surface area (Å²) in [7, 11) is -1.03. The van der Waals surface area contributed by atoms with Crippen LogP contribution in [0.15, 0.2) is 95.9 Å². The van der Waals surface area contributed by atoms with Gasteiger partial charge in [-0.05, 0) is 26.0 Å². The van der Waals surface area contributed by atoms with Gasteiger partial charge < -0.3 is 18.7 Å². The fourth-order valence-electron chi connectivity index (χ4n) is 4.02. The van der Waals surface area contributed by atoms with E-state index in [1.54, 1.807) is 11.8 Å². The van der Waals surface area contributed by atoms with Crippen molar-refractivity contribution < 1.29 is 18.7 Å². The van der Waals surface area contributed by atoms with Crippen LogP contribution in [-0.4, -0.2) is 36.1 Å². The number of thioether (sulfide) groups is 1. The van der Waals surface area contributed by atoms with Crippen LogP contribution in [0.2, 0.25) is 0 Å². The predicted octanol–water partition coefficient (Wildman–Crippen LogP) is 5.09. The molecule has 0 amide bonds. The maximum absolute atomic E-state index is 6.91. The van der Waals surface area contributed by atoms with Crippen molar-refractivity contribution >= 4 is 30.5 Å². The number of benzene rings is 3. The summed E-state index contributed by atoms with van der Waals surface area (Å²) in [4.78, 5) is 1.21. The van der Waals surface area contributed by atoms with Gasteiger partial charge in [0, 0.05) is 21.3 Å². The third-order valence-corrected chi connectivity index (χ3v) is 8.54. The minimum atomic E-state index is -1.03. The Balaban J connectivity index is 1.42. The van der Waals surface area contributed by atoms with Crippen molar-refractivity contribution in [3.8, 4) is 0 Å². The number of ether oxygens (including phenoxy) is 3. The van der Waals surface area contributed by atoms with Crippen molar-refractivity contribution in [2.75, 3.05) is 5.75 Å².